The van der Waals surface area contributed by atoms with Gasteiger partial charge in [0.25, 0.3) is 5.91 Å². The lowest BCUT2D eigenvalue weighted by Gasteiger charge is -2.23. The molecule has 1 amide bonds. The van der Waals surface area contributed by atoms with E-state index in [2.05, 4.69) is 15.6 Å². The summed E-state index contributed by atoms with van der Waals surface area (Å²) < 4.78 is 0. The molecule has 25 heavy (non-hydrogen) atoms. The molecule has 2 aromatic rings. The van der Waals surface area contributed by atoms with E-state index in [1.165, 1.54) is 32.1 Å². The molecule has 0 aliphatic heterocycles. The highest BCUT2D eigenvalue weighted by atomic mass is 35.5. The molecule has 2 N–H and O–H groups in total. The normalized spacial score (nSPS) is 14.9. The van der Waals surface area contributed by atoms with Crippen LogP contribution in [0.25, 0.3) is 0 Å². The van der Waals surface area contributed by atoms with Crippen LogP contribution in [0.2, 0.25) is 5.02 Å². The molecule has 0 unspecified atom stereocenters. The monoisotopic (exact) mass is 357 g/mol. The molecular weight excluding hydrogens is 334 g/mol. The van der Waals surface area contributed by atoms with E-state index in [-0.39, 0.29) is 5.91 Å². The lowest BCUT2D eigenvalue weighted by Crippen LogP contribution is -2.26. The lowest BCUT2D eigenvalue weighted by atomic mass is 9.95. The minimum atomic E-state index is -0.0984. The first-order valence-corrected chi connectivity index (χ1v) is 9.34. The van der Waals surface area contributed by atoms with E-state index in [0.29, 0.717) is 23.2 Å². The number of amides is 1. The van der Waals surface area contributed by atoms with Crippen LogP contribution in [0.5, 0.6) is 0 Å². The number of hydrogen-bond donors (Lipinski definition) is 2. The van der Waals surface area contributed by atoms with Gasteiger partial charge in [0.1, 0.15) is 5.82 Å². The van der Waals surface area contributed by atoms with Crippen molar-refractivity contribution in [2.75, 3.05) is 11.9 Å². The largest absolute Gasteiger partial charge is 0.367 e. The Hall–Kier alpha value is -2.07. The van der Waals surface area contributed by atoms with Gasteiger partial charge in [0.05, 0.1) is 5.56 Å². The zero-order valence-electron chi connectivity index (χ0n) is 14.3. The Balaban J connectivity index is 1.47. The second-order valence-corrected chi connectivity index (χ2v) is 6.98. The van der Waals surface area contributed by atoms with Gasteiger partial charge in [-0.3, -0.25) is 4.79 Å². The van der Waals surface area contributed by atoms with Crippen molar-refractivity contribution in [1.82, 2.24) is 10.3 Å². The van der Waals surface area contributed by atoms with Crippen LogP contribution in [0.3, 0.4) is 0 Å². The number of halogens is 1. The Kier molecular flexibility index (Phi) is 6.29. The molecule has 1 aromatic carbocycles. The van der Waals surface area contributed by atoms with Crippen LogP contribution in [0.4, 0.5) is 5.82 Å². The van der Waals surface area contributed by atoms with Crippen molar-refractivity contribution in [3.8, 4) is 0 Å². The number of carbonyl (C=O) groups excluding carboxylic acids is 1. The van der Waals surface area contributed by atoms with E-state index >= 15 is 0 Å². The minimum absolute atomic E-state index is 0.0984. The number of pyridine rings is 1. The summed E-state index contributed by atoms with van der Waals surface area (Å²) in [7, 11) is 0. The summed E-state index contributed by atoms with van der Waals surface area (Å²) >= 11 is 5.97. The van der Waals surface area contributed by atoms with E-state index in [9.17, 15) is 4.79 Å². The first-order valence-electron chi connectivity index (χ1n) is 8.96. The predicted molar refractivity (Wildman–Crippen MR) is 102 cm³/mol. The molecule has 0 radical (unpaired) electrons. The predicted octanol–water partition coefficient (Wildman–Crippen LogP) is 4.45. The van der Waals surface area contributed by atoms with Crippen LogP contribution in [0.15, 0.2) is 42.6 Å². The first-order chi connectivity index (χ1) is 12.2. The Labute approximate surface area is 154 Å². The van der Waals surface area contributed by atoms with Crippen LogP contribution in [0, 0.1) is 0 Å². The summed E-state index contributed by atoms with van der Waals surface area (Å²) in [5.41, 5.74) is 1.69. The Bertz CT molecular complexity index is 696. The average Bonchev–Trinajstić information content (AvgIpc) is 2.63. The van der Waals surface area contributed by atoms with Gasteiger partial charge >= 0.3 is 0 Å². The van der Waals surface area contributed by atoms with Crippen molar-refractivity contribution in [1.29, 1.82) is 0 Å². The topological polar surface area (TPSA) is 54.0 Å². The van der Waals surface area contributed by atoms with Crippen molar-refractivity contribution in [3.63, 3.8) is 0 Å². The van der Waals surface area contributed by atoms with Crippen LogP contribution in [-0.2, 0) is 6.42 Å². The maximum Gasteiger partial charge on any atom is 0.252 e. The second kappa shape index (κ2) is 8.86. The molecule has 132 valence electrons. The van der Waals surface area contributed by atoms with Crippen LogP contribution < -0.4 is 10.6 Å². The van der Waals surface area contributed by atoms with Gasteiger partial charge in [0.15, 0.2) is 0 Å². The zero-order chi connectivity index (χ0) is 17.5. The summed E-state index contributed by atoms with van der Waals surface area (Å²) in [5, 5.41) is 7.10. The number of aromatic nitrogens is 1. The highest BCUT2D eigenvalue weighted by molar-refractivity contribution is 6.30. The maximum atomic E-state index is 12.2. The Morgan fingerprint density at radius 2 is 2.00 bits per heavy atom. The highest BCUT2D eigenvalue weighted by Gasteiger charge is 2.13. The van der Waals surface area contributed by atoms with Crippen molar-refractivity contribution in [2.24, 2.45) is 0 Å². The van der Waals surface area contributed by atoms with Gasteiger partial charge in [0, 0.05) is 23.8 Å². The summed E-state index contributed by atoms with van der Waals surface area (Å²) in [6, 6.07) is 11.9. The molecule has 5 heteroatoms. The van der Waals surface area contributed by atoms with E-state index < -0.39 is 0 Å². The van der Waals surface area contributed by atoms with E-state index in [1.807, 2.05) is 36.4 Å². The van der Waals surface area contributed by atoms with Gasteiger partial charge in [-0.25, -0.2) is 4.98 Å². The molecule has 1 heterocycles. The van der Waals surface area contributed by atoms with Gasteiger partial charge in [-0.1, -0.05) is 43.0 Å². The standard InChI is InChI=1S/C20H24ClN3O/c21-17-6-4-5-15(13-17)11-12-22-20(25)16-9-10-19(23-14-16)24-18-7-2-1-3-8-18/h4-6,9-10,13-14,18H,1-3,7-8,11-12H2,(H,22,25)(H,23,24). The molecule has 0 saturated heterocycles. The quantitative estimate of drug-likeness (QED) is 0.802. The fourth-order valence-electron chi connectivity index (χ4n) is 3.18. The van der Waals surface area contributed by atoms with Crippen molar-refractivity contribution in [3.05, 3.63) is 58.7 Å². The summed E-state index contributed by atoms with van der Waals surface area (Å²) in [6.45, 7) is 0.571. The molecule has 1 aromatic heterocycles. The van der Waals surface area contributed by atoms with Gasteiger partial charge in [0.2, 0.25) is 0 Å². The number of nitrogens with one attached hydrogen (secondary N) is 2. The molecule has 1 saturated carbocycles. The zero-order valence-corrected chi connectivity index (χ0v) is 15.1. The SMILES string of the molecule is O=C(NCCc1cccc(Cl)c1)c1ccc(NC2CCCCC2)nc1. The molecule has 0 atom stereocenters. The van der Waals surface area contributed by atoms with Crippen molar-refractivity contribution in [2.45, 2.75) is 44.6 Å². The van der Waals surface area contributed by atoms with E-state index in [1.54, 1.807) is 6.20 Å². The van der Waals surface area contributed by atoms with Crippen molar-refractivity contribution >= 4 is 23.3 Å². The summed E-state index contributed by atoms with van der Waals surface area (Å²) in [5.74, 6) is 0.751. The Morgan fingerprint density at radius 1 is 1.16 bits per heavy atom. The number of nitrogens with zero attached hydrogens (tertiary/aromatic N) is 1. The van der Waals surface area contributed by atoms with E-state index in [0.717, 1.165) is 17.8 Å². The molecule has 1 aliphatic rings. The van der Waals surface area contributed by atoms with Crippen LogP contribution >= 0.6 is 11.6 Å². The maximum absolute atomic E-state index is 12.2. The number of benzene rings is 1. The fraction of sp³-hybridized carbons (Fsp3) is 0.400. The van der Waals surface area contributed by atoms with Gasteiger partial charge < -0.3 is 10.6 Å². The highest BCUT2D eigenvalue weighted by Crippen LogP contribution is 2.20. The van der Waals surface area contributed by atoms with Crippen LogP contribution in [0.1, 0.15) is 48.0 Å². The van der Waals surface area contributed by atoms with Crippen molar-refractivity contribution < 1.29 is 4.79 Å². The molecule has 1 aliphatic carbocycles. The number of rotatable bonds is 6. The van der Waals surface area contributed by atoms with Gasteiger partial charge in [-0.05, 0) is 49.1 Å². The average molecular weight is 358 g/mol. The van der Waals surface area contributed by atoms with E-state index in [4.69, 9.17) is 11.6 Å². The smallest absolute Gasteiger partial charge is 0.252 e. The fourth-order valence-corrected chi connectivity index (χ4v) is 3.40. The van der Waals surface area contributed by atoms with Gasteiger partial charge in [-0.15, -0.1) is 0 Å². The third-order valence-corrected chi connectivity index (χ3v) is 4.81. The summed E-state index contributed by atoms with van der Waals surface area (Å²) in [6.07, 6.45) is 8.69. The summed E-state index contributed by atoms with van der Waals surface area (Å²) in [4.78, 5) is 16.6. The molecule has 0 spiro atoms. The minimum Gasteiger partial charge on any atom is -0.367 e. The number of hydrogen-bond acceptors (Lipinski definition) is 3. The van der Waals surface area contributed by atoms with Crippen LogP contribution in [-0.4, -0.2) is 23.5 Å². The molecule has 0 bridgehead atoms. The second-order valence-electron chi connectivity index (χ2n) is 6.55. The third-order valence-electron chi connectivity index (χ3n) is 4.57. The molecular formula is C20H24ClN3O. The van der Waals surface area contributed by atoms with Gasteiger partial charge in [-0.2, -0.15) is 0 Å². The number of carbonyl (C=O) groups is 1. The molecule has 3 rings (SSSR count). The number of anilines is 1. The third kappa shape index (κ3) is 5.46. The molecule has 1 fully saturated rings. The first kappa shape index (κ1) is 17.7. The molecule has 4 nitrogen and oxygen atoms in total. The Morgan fingerprint density at radius 3 is 2.72 bits per heavy atom. The lowest BCUT2D eigenvalue weighted by molar-refractivity contribution is 0.0954.